The van der Waals surface area contributed by atoms with Gasteiger partial charge in [-0.05, 0) is 25.2 Å². The van der Waals surface area contributed by atoms with Gasteiger partial charge in [0.2, 0.25) is 0 Å². The molecule has 0 aromatic rings. The number of unbranched alkanes of at least 4 members (excludes halogenated alkanes) is 15. The molecule has 0 aromatic carbocycles. The summed E-state index contributed by atoms with van der Waals surface area (Å²) in [4.78, 5) is 0. The van der Waals surface area contributed by atoms with Crippen LogP contribution in [0.3, 0.4) is 0 Å². The standard InChI is InChI=1S/C26H54OSi/c1-4-5-6-7-8-9-10-11-12-13-14-15-16-17-18-19-22-25-23-20-21-24-26(25,27)28(2)3/h25,27-28H,4-24H2,1-3H3. The van der Waals surface area contributed by atoms with Crippen molar-refractivity contribution in [1.82, 2.24) is 0 Å². The highest BCUT2D eigenvalue weighted by Crippen LogP contribution is 2.38. The lowest BCUT2D eigenvalue weighted by Gasteiger charge is -2.43. The fourth-order valence-corrected chi connectivity index (χ4v) is 7.40. The molecule has 0 aromatic heterocycles. The van der Waals surface area contributed by atoms with E-state index in [1.54, 1.807) is 0 Å². The van der Waals surface area contributed by atoms with Crippen LogP contribution in [0.1, 0.15) is 142 Å². The Labute approximate surface area is 180 Å². The normalized spacial score (nSPS) is 22.8. The Morgan fingerprint density at radius 2 is 1.11 bits per heavy atom. The highest BCUT2D eigenvalue weighted by atomic mass is 28.3. The van der Waals surface area contributed by atoms with Crippen molar-refractivity contribution in [2.75, 3.05) is 0 Å². The zero-order valence-corrected chi connectivity index (χ0v) is 21.1. The van der Waals surface area contributed by atoms with Crippen LogP contribution < -0.4 is 0 Å². The Balaban J connectivity index is 1.85. The van der Waals surface area contributed by atoms with Crippen LogP contribution in [0.15, 0.2) is 0 Å². The number of aliphatic hydroxyl groups is 1. The van der Waals surface area contributed by atoms with Gasteiger partial charge in [-0.3, -0.25) is 0 Å². The first-order valence-electron chi connectivity index (χ1n) is 13.3. The zero-order valence-electron chi connectivity index (χ0n) is 20.0. The molecule has 0 heterocycles. The number of hydrogen-bond donors (Lipinski definition) is 1. The zero-order chi connectivity index (χ0) is 20.5. The molecule has 0 amide bonds. The third kappa shape index (κ3) is 11.4. The summed E-state index contributed by atoms with van der Waals surface area (Å²) in [5.41, 5.74) is 0. The van der Waals surface area contributed by atoms with E-state index in [0.717, 1.165) is 6.42 Å². The van der Waals surface area contributed by atoms with E-state index in [2.05, 4.69) is 20.0 Å². The van der Waals surface area contributed by atoms with Gasteiger partial charge in [0.25, 0.3) is 0 Å². The van der Waals surface area contributed by atoms with Crippen LogP contribution in [0.4, 0.5) is 0 Å². The van der Waals surface area contributed by atoms with Crippen molar-refractivity contribution in [2.24, 2.45) is 5.92 Å². The first-order chi connectivity index (χ1) is 13.6. The van der Waals surface area contributed by atoms with Crippen molar-refractivity contribution in [3.05, 3.63) is 0 Å². The third-order valence-corrected chi connectivity index (χ3v) is 10.3. The Morgan fingerprint density at radius 3 is 1.54 bits per heavy atom. The van der Waals surface area contributed by atoms with Crippen LogP contribution in [0.25, 0.3) is 0 Å². The van der Waals surface area contributed by atoms with E-state index in [-0.39, 0.29) is 5.22 Å². The molecule has 1 fully saturated rings. The molecule has 0 aliphatic heterocycles. The molecule has 2 unspecified atom stereocenters. The van der Waals surface area contributed by atoms with E-state index in [1.165, 1.54) is 128 Å². The van der Waals surface area contributed by atoms with E-state index in [4.69, 9.17) is 0 Å². The molecule has 0 spiro atoms. The third-order valence-electron chi connectivity index (χ3n) is 7.49. The van der Waals surface area contributed by atoms with Gasteiger partial charge in [0.05, 0.1) is 14.0 Å². The molecular formula is C26H54OSi. The first kappa shape index (κ1) is 26.2. The van der Waals surface area contributed by atoms with Crippen molar-refractivity contribution < 1.29 is 5.11 Å². The van der Waals surface area contributed by atoms with Gasteiger partial charge >= 0.3 is 0 Å². The molecule has 28 heavy (non-hydrogen) atoms. The fraction of sp³-hybridized carbons (Fsp3) is 1.00. The number of rotatable bonds is 18. The average molecular weight is 411 g/mol. The molecule has 1 saturated carbocycles. The Hall–Kier alpha value is 0.177. The van der Waals surface area contributed by atoms with Gasteiger partial charge in [-0.15, -0.1) is 0 Å². The lowest BCUT2D eigenvalue weighted by molar-refractivity contribution is 0.0157. The molecular weight excluding hydrogens is 356 g/mol. The van der Waals surface area contributed by atoms with Crippen LogP contribution >= 0.6 is 0 Å². The smallest absolute Gasteiger partial charge is 0.0695 e. The summed E-state index contributed by atoms with van der Waals surface area (Å²) in [5.74, 6) is 0.625. The van der Waals surface area contributed by atoms with Crippen LogP contribution in [-0.4, -0.2) is 19.1 Å². The van der Waals surface area contributed by atoms with Gasteiger partial charge in [0.1, 0.15) is 0 Å². The summed E-state index contributed by atoms with van der Waals surface area (Å²) in [5, 5.41) is 10.9. The topological polar surface area (TPSA) is 20.2 Å². The van der Waals surface area contributed by atoms with Crippen LogP contribution in [0, 0.1) is 5.92 Å². The van der Waals surface area contributed by atoms with Crippen molar-refractivity contribution in [3.8, 4) is 0 Å². The minimum Gasteiger partial charge on any atom is -0.393 e. The van der Waals surface area contributed by atoms with Gasteiger partial charge in [0.15, 0.2) is 0 Å². The van der Waals surface area contributed by atoms with Crippen molar-refractivity contribution in [1.29, 1.82) is 0 Å². The van der Waals surface area contributed by atoms with E-state index in [9.17, 15) is 5.11 Å². The minimum atomic E-state index is -0.965. The summed E-state index contributed by atoms with van der Waals surface area (Å²) in [7, 11) is -0.965. The van der Waals surface area contributed by atoms with Crippen LogP contribution in [-0.2, 0) is 0 Å². The summed E-state index contributed by atoms with van der Waals surface area (Å²) in [6, 6.07) is 0. The predicted molar refractivity (Wildman–Crippen MR) is 130 cm³/mol. The maximum absolute atomic E-state index is 11.1. The lowest BCUT2D eigenvalue weighted by atomic mass is 9.82. The first-order valence-corrected chi connectivity index (χ1v) is 16.2. The molecule has 0 radical (unpaired) electrons. The summed E-state index contributed by atoms with van der Waals surface area (Å²) >= 11 is 0. The van der Waals surface area contributed by atoms with Crippen molar-refractivity contribution in [2.45, 2.75) is 160 Å². The molecule has 0 bridgehead atoms. The molecule has 1 aliphatic rings. The molecule has 0 saturated heterocycles. The Kier molecular flexibility index (Phi) is 15.8. The number of hydrogen-bond acceptors (Lipinski definition) is 1. The fourth-order valence-electron chi connectivity index (χ4n) is 5.35. The second kappa shape index (κ2) is 16.9. The highest BCUT2D eigenvalue weighted by Gasteiger charge is 2.41. The highest BCUT2D eigenvalue weighted by molar-refractivity contribution is 6.59. The average Bonchev–Trinajstić information content (AvgIpc) is 2.69. The van der Waals surface area contributed by atoms with E-state index < -0.39 is 8.80 Å². The molecule has 1 rings (SSSR count). The van der Waals surface area contributed by atoms with E-state index >= 15 is 0 Å². The van der Waals surface area contributed by atoms with Gasteiger partial charge < -0.3 is 5.11 Å². The van der Waals surface area contributed by atoms with Gasteiger partial charge in [-0.2, -0.15) is 0 Å². The second-order valence-electron chi connectivity index (χ2n) is 10.2. The Bertz CT molecular complexity index is 343. The lowest BCUT2D eigenvalue weighted by Crippen LogP contribution is -2.50. The SMILES string of the molecule is CCCCCCCCCCCCCCCCCCC1CCCCC1(O)[SiH](C)C. The quantitative estimate of drug-likeness (QED) is 0.177. The molecule has 1 N–H and O–H groups in total. The molecule has 2 atom stereocenters. The minimum absolute atomic E-state index is 0.228. The molecule has 1 aliphatic carbocycles. The van der Waals surface area contributed by atoms with Crippen LogP contribution in [0.2, 0.25) is 13.1 Å². The van der Waals surface area contributed by atoms with E-state index in [1.807, 2.05) is 0 Å². The molecule has 1 nitrogen and oxygen atoms in total. The van der Waals surface area contributed by atoms with Gasteiger partial charge in [-0.25, -0.2) is 0 Å². The van der Waals surface area contributed by atoms with Crippen molar-refractivity contribution >= 4 is 8.80 Å². The predicted octanol–water partition coefficient (Wildman–Crippen LogP) is 8.59. The summed E-state index contributed by atoms with van der Waals surface area (Å²) in [6.07, 6.45) is 29.3. The van der Waals surface area contributed by atoms with Gasteiger partial charge in [0, 0.05) is 0 Å². The van der Waals surface area contributed by atoms with Crippen LogP contribution in [0.5, 0.6) is 0 Å². The summed E-state index contributed by atoms with van der Waals surface area (Å²) in [6.45, 7) is 7.00. The molecule has 2 heteroatoms. The van der Waals surface area contributed by atoms with Crippen molar-refractivity contribution in [3.63, 3.8) is 0 Å². The maximum atomic E-state index is 11.1. The van der Waals surface area contributed by atoms with E-state index in [0.29, 0.717) is 5.92 Å². The monoisotopic (exact) mass is 410 g/mol. The largest absolute Gasteiger partial charge is 0.393 e. The maximum Gasteiger partial charge on any atom is 0.0695 e. The summed E-state index contributed by atoms with van der Waals surface area (Å²) < 4.78 is 0. The molecule has 168 valence electrons. The second-order valence-corrected chi connectivity index (χ2v) is 13.5. The Morgan fingerprint density at radius 1 is 0.679 bits per heavy atom. The van der Waals surface area contributed by atoms with Gasteiger partial charge in [-0.1, -0.05) is 136 Å².